The van der Waals surface area contributed by atoms with Crippen molar-refractivity contribution in [1.29, 1.82) is 0 Å². The Morgan fingerprint density at radius 1 is 0.356 bits per heavy atom. The summed E-state index contributed by atoms with van der Waals surface area (Å²) < 4.78 is 28.3. The third kappa shape index (κ3) is 35.1. The first-order chi connectivity index (χ1) is 33.7. The van der Waals surface area contributed by atoms with Gasteiger partial charge in [-0.2, -0.15) is 0 Å². The molecule has 0 saturated carbocycles. The van der Waals surface area contributed by atoms with Crippen LogP contribution in [0.4, 0.5) is 14.4 Å². The van der Waals surface area contributed by atoms with Gasteiger partial charge in [0.2, 0.25) is 0 Å². The van der Waals surface area contributed by atoms with E-state index in [1.165, 1.54) is 0 Å². The van der Waals surface area contributed by atoms with Gasteiger partial charge in [-0.25, -0.2) is 14.4 Å². The fraction of sp³-hybridized carbons (Fsp3) is 0.895. The van der Waals surface area contributed by atoms with Crippen molar-refractivity contribution in [2.75, 3.05) is 39.5 Å². The Bertz CT molecular complexity index is 1590. The predicted octanol–water partition coefficient (Wildman–Crippen LogP) is 13.6. The first-order valence-electron chi connectivity index (χ1n) is 27.9. The Hall–Kier alpha value is -3.82. The zero-order valence-corrected chi connectivity index (χ0v) is 48.9. The smallest absolute Gasteiger partial charge is 0.410 e. The topological polar surface area (TPSA) is 199 Å². The lowest BCUT2D eigenvalue weighted by molar-refractivity contribution is -0.145. The molecule has 16 heteroatoms. The fourth-order valence-corrected chi connectivity index (χ4v) is 8.63. The van der Waals surface area contributed by atoms with Gasteiger partial charge in [0.15, 0.2) is 0 Å². The lowest BCUT2D eigenvalue weighted by atomic mass is 9.94. The number of unbranched alkanes of at least 4 members (excludes halogenated alkanes) is 15. The van der Waals surface area contributed by atoms with E-state index < -0.39 is 57.7 Å². The van der Waals surface area contributed by atoms with Crippen LogP contribution in [0.5, 0.6) is 0 Å². The first kappa shape index (κ1) is 69.2. The molecular formula is C57H107N3O13. The molecule has 0 aliphatic carbocycles. The molecule has 0 aromatic carbocycles. The van der Waals surface area contributed by atoms with Crippen molar-refractivity contribution < 1.29 is 62.7 Å². The standard InChI is InChI=1S/C57H107N3O13/c1-52(2,3)71-49(66)58(40-43-61)55(10,11)37-31-26-20-17-23-29-35-47(64)70-45-42-60(51(68)73-54(7,8)9)57(14,15)39-33-27-21-18-24-30-36-48(65)69-44-41-59(50(67)72-53(4,5)6)56(12,13)38-32-25-19-16-22-28-34-46(62)63/h61H,16-45H2,1-15H3,(H,62,63). The molecule has 0 spiro atoms. The molecule has 0 radical (unpaired) electrons. The zero-order chi connectivity index (χ0) is 55.9. The number of nitrogens with zero attached hydrogens (tertiary/aromatic N) is 3. The number of aliphatic hydroxyl groups is 1. The molecule has 0 aromatic rings. The first-order valence-corrected chi connectivity index (χ1v) is 27.9. The number of ether oxygens (including phenoxy) is 5. The highest BCUT2D eigenvalue weighted by Gasteiger charge is 2.36. The number of amides is 3. The number of hydrogen-bond acceptors (Lipinski definition) is 12. The molecule has 0 bridgehead atoms. The van der Waals surface area contributed by atoms with Gasteiger partial charge in [-0.15, -0.1) is 0 Å². The Morgan fingerprint density at radius 3 is 0.863 bits per heavy atom. The molecule has 2 N–H and O–H groups in total. The third-order valence-corrected chi connectivity index (χ3v) is 12.8. The summed E-state index contributed by atoms with van der Waals surface area (Å²) in [6.45, 7) is 29.2. The monoisotopic (exact) mass is 1040 g/mol. The molecule has 3 amide bonds. The van der Waals surface area contributed by atoms with Crippen molar-refractivity contribution in [3.63, 3.8) is 0 Å². The van der Waals surface area contributed by atoms with Gasteiger partial charge in [0.1, 0.15) is 30.0 Å². The minimum absolute atomic E-state index is 0.0806. The number of carbonyl (C=O) groups excluding carboxylic acids is 5. The van der Waals surface area contributed by atoms with E-state index in [4.69, 9.17) is 28.8 Å². The molecule has 73 heavy (non-hydrogen) atoms. The van der Waals surface area contributed by atoms with E-state index in [0.29, 0.717) is 25.7 Å². The minimum Gasteiger partial charge on any atom is -0.481 e. The van der Waals surface area contributed by atoms with Gasteiger partial charge in [-0.3, -0.25) is 24.2 Å². The highest BCUT2D eigenvalue weighted by atomic mass is 16.6. The summed E-state index contributed by atoms with van der Waals surface area (Å²) in [4.78, 5) is 80.7. The average Bonchev–Trinajstić information content (AvgIpc) is 3.23. The molecule has 0 fully saturated rings. The molecule has 0 atom stereocenters. The van der Waals surface area contributed by atoms with E-state index in [2.05, 4.69) is 0 Å². The van der Waals surface area contributed by atoms with Crippen LogP contribution < -0.4 is 0 Å². The van der Waals surface area contributed by atoms with Gasteiger partial charge in [0, 0.05) is 42.4 Å². The maximum absolute atomic E-state index is 13.4. The van der Waals surface area contributed by atoms with Crippen LogP contribution in [0, 0.1) is 0 Å². The number of carbonyl (C=O) groups is 6. The molecule has 16 nitrogen and oxygen atoms in total. The zero-order valence-electron chi connectivity index (χ0n) is 48.9. The van der Waals surface area contributed by atoms with Gasteiger partial charge in [0.25, 0.3) is 0 Å². The minimum atomic E-state index is -0.758. The van der Waals surface area contributed by atoms with Crippen molar-refractivity contribution in [3.05, 3.63) is 0 Å². The molecular weight excluding hydrogens is 935 g/mol. The van der Waals surface area contributed by atoms with E-state index >= 15 is 0 Å². The number of β-amino-alcohol motifs (C(OH)–C–C–N with tert-alkyl or cyclic N) is 1. The summed E-state index contributed by atoms with van der Waals surface area (Å²) in [5, 5.41) is 18.4. The predicted molar refractivity (Wildman–Crippen MR) is 289 cm³/mol. The molecule has 0 heterocycles. The van der Waals surface area contributed by atoms with E-state index in [0.717, 1.165) is 122 Å². The fourth-order valence-electron chi connectivity index (χ4n) is 8.63. The van der Waals surface area contributed by atoms with Crippen LogP contribution in [-0.2, 0) is 38.1 Å². The van der Waals surface area contributed by atoms with E-state index in [1.807, 2.05) is 104 Å². The summed E-state index contributed by atoms with van der Waals surface area (Å²) >= 11 is 0. The quantitative estimate of drug-likeness (QED) is 0.0337. The number of hydrogen-bond donors (Lipinski definition) is 2. The second-order valence-electron chi connectivity index (χ2n) is 24.8. The summed E-state index contributed by atoms with van der Waals surface area (Å²) in [6, 6.07) is 0. The van der Waals surface area contributed by atoms with Crippen LogP contribution in [-0.4, -0.2) is 134 Å². The Kier molecular flexibility index (Phi) is 32.9. The van der Waals surface area contributed by atoms with E-state index in [1.54, 1.807) is 14.7 Å². The van der Waals surface area contributed by atoms with Crippen molar-refractivity contribution >= 4 is 36.2 Å². The van der Waals surface area contributed by atoms with Crippen LogP contribution in [0.3, 0.4) is 0 Å². The lowest BCUT2D eigenvalue weighted by Crippen LogP contribution is -2.51. The largest absolute Gasteiger partial charge is 0.481 e. The Balaban J connectivity index is 4.77. The summed E-state index contributed by atoms with van der Waals surface area (Å²) in [6.07, 6.45) is 18.2. The summed E-state index contributed by atoms with van der Waals surface area (Å²) in [7, 11) is 0. The maximum atomic E-state index is 13.4. The SMILES string of the molecule is CC(C)(C)OC(=O)N(CCO)C(C)(C)CCCCCCCCC(=O)OCCN(C(=O)OC(C)(C)C)C(C)(C)CCCCCCCCC(=O)OCCN(C(=O)OC(C)(C)C)C(C)(C)CCCCCCCCC(=O)O. The number of rotatable bonds is 38. The average molecular weight is 1040 g/mol. The van der Waals surface area contributed by atoms with Crippen LogP contribution in [0.15, 0.2) is 0 Å². The molecule has 0 unspecified atom stereocenters. The molecule has 0 saturated heterocycles. The Morgan fingerprint density at radius 2 is 0.603 bits per heavy atom. The van der Waals surface area contributed by atoms with Crippen molar-refractivity contribution in [2.45, 2.75) is 291 Å². The van der Waals surface area contributed by atoms with Crippen molar-refractivity contribution in [3.8, 4) is 0 Å². The summed E-state index contributed by atoms with van der Waals surface area (Å²) in [5.41, 5.74) is -3.48. The van der Waals surface area contributed by atoms with Crippen molar-refractivity contribution in [2.24, 2.45) is 0 Å². The van der Waals surface area contributed by atoms with Gasteiger partial charge < -0.3 is 38.8 Å². The second-order valence-corrected chi connectivity index (χ2v) is 24.8. The maximum Gasteiger partial charge on any atom is 0.410 e. The van der Waals surface area contributed by atoms with Crippen LogP contribution in [0.1, 0.15) is 258 Å². The number of aliphatic hydroxyl groups excluding tert-OH is 1. The van der Waals surface area contributed by atoms with E-state index in [-0.39, 0.29) is 57.8 Å². The highest BCUT2D eigenvalue weighted by Crippen LogP contribution is 2.28. The van der Waals surface area contributed by atoms with Gasteiger partial charge >= 0.3 is 36.2 Å². The molecule has 0 aromatic heterocycles. The van der Waals surface area contributed by atoms with Crippen LogP contribution in [0.25, 0.3) is 0 Å². The van der Waals surface area contributed by atoms with Gasteiger partial charge in [-0.05, 0) is 142 Å². The highest BCUT2D eigenvalue weighted by molar-refractivity contribution is 5.71. The number of aliphatic carboxylic acids is 1. The molecule has 428 valence electrons. The molecule has 0 aliphatic rings. The number of carboxylic acids is 1. The number of esters is 2. The summed E-state index contributed by atoms with van der Waals surface area (Å²) in [5.74, 6) is -1.33. The normalized spacial score (nSPS) is 12.5. The van der Waals surface area contributed by atoms with Gasteiger partial charge in [0.05, 0.1) is 19.7 Å². The van der Waals surface area contributed by atoms with Crippen LogP contribution >= 0.6 is 0 Å². The second kappa shape index (κ2) is 34.7. The molecule has 0 aliphatic heterocycles. The number of carboxylic acid groups (broad SMARTS) is 1. The third-order valence-electron chi connectivity index (χ3n) is 12.8. The van der Waals surface area contributed by atoms with Crippen LogP contribution in [0.2, 0.25) is 0 Å². The lowest BCUT2D eigenvalue weighted by Gasteiger charge is -2.39. The Labute approximate surface area is 443 Å². The van der Waals surface area contributed by atoms with E-state index in [9.17, 15) is 33.9 Å². The van der Waals surface area contributed by atoms with Crippen molar-refractivity contribution in [1.82, 2.24) is 14.7 Å². The van der Waals surface area contributed by atoms with Gasteiger partial charge in [-0.1, -0.05) is 96.3 Å². The molecule has 0 rings (SSSR count).